The van der Waals surface area contributed by atoms with Crippen molar-refractivity contribution in [3.05, 3.63) is 0 Å². The lowest BCUT2D eigenvalue weighted by molar-refractivity contribution is -0.149. The first-order valence-corrected chi connectivity index (χ1v) is 4.80. The Morgan fingerprint density at radius 1 is 1.67 bits per heavy atom. The summed E-state index contributed by atoms with van der Waals surface area (Å²) in [5.41, 5.74) is 5.48. The summed E-state index contributed by atoms with van der Waals surface area (Å²) in [5.74, 6) is -1.15. The monoisotopic (exact) mass is 213 g/mol. The Kier molecular flexibility index (Phi) is 3.41. The molecule has 0 saturated carbocycles. The van der Waals surface area contributed by atoms with E-state index in [0.29, 0.717) is 0 Å². The molecular formula is C9H15N3O3. The number of nitrogens with two attached hydrogens (primary N) is 1. The summed E-state index contributed by atoms with van der Waals surface area (Å²) in [7, 11) is 0. The lowest BCUT2D eigenvalue weighted by Crippen LogP contribution is -2.59. The van der Waals surface area contributed by atoms with Crippen LogP contribution in [0.4, 0.5) is 0 Å². The molecule has 84 valence electrons. The summed E-state index contributed by atoms with van der Waals surface area (Å²) in [6, 6.07) is -0.876. The van der Waals surface area contributed by atoms with Crippen molar-refractivity contribution < 1.29 is 14.4 Å². The van der Waals surface area contributed by atoms with E-state index >= 15 is 0 Å². The maximum absolute atomic E-state index is 11.6. The zero-order valence-electron chi connectivity index (χ0n) is 8.82. The van der Waals surface area contributed by atoms with Crippen molar-refractivity contribution >= 4 is 17.7 Å². The normalized spacial score (nSPS) is 23.7. The zero-order chi connectivity index (χ0) is 11.6. The van der Waals surface area contributed by atoms with Gasteiger partial charge >= 0.3 is 0 Å². The van der Waals surface area contributed by atoms with Gasteiger partial charge < -0.3 is 10.6 Å². The van der Waals surface area contributed by atoms with Crippen LogP contribution in [-0.4, -0.2) is 41.2 Å². The lowest BCUT2D eigenvalue weighted by atomic mass is 10.1. The number of nitrogens with one attached hydrogen (secondary N) is 1. The second kappa shape index (κ2) is 4.39. The molecule has 2 unspecified atom stereocenters. The Morgan fingerprint density at radius 3 is 2.80 bits per heavy atom. The van der Waals surface area contributed by atoms with E-state index in [1.54, 1.807) is 13.8 Å². The van der Waals surface area contributed by atoms with E-state index in [0.717, 1.165) is 0 Å². The third kappa shape index (κ3) is 2.76. The minimum atomic E-state index is -0.603. The maximum Gasteiger partial charge on any atom is 0.249 e. The van der Waals surface area contributed by atoms with Crippen molar-refractivity contribution in [2.24, 2.45) is 5.73 Å². The summed E-state index contributed by atoms with van der Waals surface area (Å²) in [6.07, 6.45) is 0.144. The van der Waals surface area contributed by atoms with Gasteiger partial charge in [0.05, 0.1) is 0 Å². The van der Waals surface area contributed by atoms with Gasteiger partial charge in [-0.15, -0.1) is 0 Å². The molecule has 0 aromatic heterocycles. The Balaban J connectivity index is 2.70. The molecule has 0 radical (unpaired) electrons. The Morgan fingerprint density at radius 2 is 2.27 bits per heavy atom. The third-order valence-electron chi connectivity index (χ3n) is 2.24. The number of piperazine rings is 1. The van der Waals surface area contributed by atoms with Crippen LogP contribution in [0.2, 0.25) is 0 Å². The molecular weight excluding hydrogens is 198 g/mol. The number of amides is 3. The molecule has 0 bridgehead atoms. The highest BCUT2D eigenvalue weighted by Crippen LogP contribution is 2.07. The first kappa shape index (κ1) is 11.6. The highest BCUT2D eigenvalue weighted by Gasteiger charge is 2.33. The van der Waals surface area contributed by atoms with Crippen LogP contribution in [0, 0.1) is 0 Å². The largest absolute Gasteiger partial charge is 0.327 e. The van der Waals surface area contributed by atoms with Gasteiger partial charge in [-0.05, 0) is 13.8 Å². The number of rotatable bonds is 2. The van der Waals surface area contributed by atoms with E-state index in [-0.39, 0.29) is 24.9 Å². The summed E-state index contributed by atoms with van der Waals surface area (Å²) < 4.78 is 0. The maximum atomic E-state index is 11.6. The minimum Gasteiger partial charge on any atom is -0.327 e. The van der Waals surface area contributed by atoms with Crippen molar-refractivity contribution in [1.29, 1.82) is 0 Å². The summed E-state index contributed by atoms with van der Waals surface area (Å²) >= 11 is 0. The molecule has 15 heavy (non-hydrogen) atoms. The second-order valence-corrected chi connectivity index (χ2v) is 3.79. The molecule has 6 heteroatoms. The molecule has 0 aliphatic carbocycles. The number of hydrogen-bond acceptors (Lipinski definition) is 4. The second-order valence-electron chi connectivity index (χ2n) is 3.79. The van der Waals surface area contributed by atoms with Crippen molar-refractivity contribution in [2.75, 3.05) is 6.54 Å². The molecule has 1 saturated heterocycles. The predicted octanol–water partition coefficient (Wildman–Crippen LogP) is -1.40. The molecule has 1 aliphatic heterocycles. The van der Waals surface area contributed by atoms with Crippen LogP contribution in [0.15, 0.2) is 0 Å². The fourth-order valence-electron chi connectivity index (χ4n) is 1.41. The SMILES string of the molecule is CC(N)CC(=O)N1CC(=O)NC(=O)C1C. The molecule has 6 nitrogen and oxygen atoms in total. The number of carbonyl (C=O) groups is 3. The van der Waals surface area contributed by atoms with E-state index < -0.39 is 17.9 Å². The molecule has 2 atom stereocenters. The van der Waals surface area contributed by atoms with Crippen LogP contribution in [0.3, 0.4) is 0 Å². The summed E-state index contributed by atoms with van der Waals surface area (Å²) in [6.45, 7) is 3.22. The molecule has 0 aromatic rings. The van der Waals surface area contributed by atoms with Crippen molar-refractivity contribution in [2.45, 2.75) is 32.4 Å². The predicted molar refractivity (Wildman–Crippen MR) is 52.6 cm³/mol. The zero-order valence-corrected chi connectivity index (χ0v) is 8.82. The van der Waals surface area contributed by atoms with Gasteiger partial charge in [-0.2, -0.15) is 0 Å². The molecule has 1 rings (SSSR count). The standard InChI is InChI=1S/C9H15N3O3/c1-5(10)3-8(14)12-4-7(13)11-9(15)6(12)2/h5-6H,3-4,10H2,1-2H3,(H,11,13,15). The molecule has 1 fully saturated rings. The van der Waals surface area contributed by atoms with Crippen LogP contribution in [0.25, 0.3) is 0 Å². The van der Waals surface area contributed by atoms with E-state index in [2.05, 4.69) is 5.32 Å². The molecule has 3 N–H and O–H groups in total. The van der Waals surface area contributed by atoms with Crippen LogP contribution in [-0.2, 0) is 14.4 Å². The van der Waals surface area contributed by atoms with E-state index in [4.69, 9.17) is 5.73 Å². The number of carbonyl (C=O) groups excluding carboxylic acids is 3. The van der Waals surface area contributed by atoms with Crippen LogP contribution in [0.5, 0.6) is 0 Å². The highest BCUT2D eigenvalue weighted by molar-refractivity contribution is 6.04. The molecule has 0 spiro atoms. The average molecular weight is 213 g/mol. The Hall–Kier alpha value is -1.43. The average Bonchev–Trinajstić information content (AvgIpc) is 2.09. The van der Waals surface area contributed by atoms with E-state index in [1.165, 1.54) is 4.90 Å². The van der Waals surface area contributed by atoms with Crippen LogP contribution in [0.1, 0.15) is 20.3 Å². The minimum absolute atomic E-state index is 0.0710. The fourth-order valence-corrected chi connectivity index (χ4v) is 1.41. The molecule has 1 heterocycles. The van der Waals surface area contributed by atoms with Gasteiger partial charge in [0.1, 0.15) is 12.6 Å². The fraction of sp³-hybridized carbons (Fsp3) is 0.667. The van der Waals surface area contributed by atoms with Crippen molar-refractivity contribution in [1.82, 2.24) is 10.2 Å². The number of hydrogen-bond donors (Lipinski definition) is 2. The topological polar surface area (TPSA) is 92.5 Å². The Labute approximate surface area is 87.8 Å². The van der Waals surface area contributed by atoms with Crippen LogP contribution >= 0.6 is 0 Å². The summed E-state index contributed by atoms with van der Waals surface area (Å²) in [5, 5.41) is 2.16. The molecule has 1 aliphatic rings. The summed E-state index contributed by atoms with van der Waals surface area (Å²) in [4.78, 5) is 35.2. The number of imide groups is 1. The van der Waals surface area contributed by atoms with Crippen molar-refractivity contribution in [3.63, 3.8) is 0 Å². The molecule has 0 aromatic carbocycles. The van der Waals surface area contributed by atoms with Gasteiger partial charge in [0, 0.05) is 12.5 Å². The van der Waals surface area contributed by atoms with Gasteiger partial charge in [-0.25, -0.2) is 0 Å². The highest BCUT2D eigenvalue weighted by atomic mass is 16.2. The van der Waals surface area contributed by atoms with Gasteiger partial charge in [0.25, 0.3) is 0 Å². The first-order chi connectivity index (χ1) is 6.91. The third-order valence-corrected chi connectivity index (χ3v) is 2.24. The van der Waals surface area contributed by atoms with Gasteiger partial charge in [-0.3, -0.25) is 19.7 Å². The lowest BCUT2D eigenvalue weighted by Gasteiger charge is -2.32. The van der Waals surface area contributed by atoms with E-state index in [1.807, 2.05) is 0 Å². The quantitative estimate of drug-likeness (QED) is 0.552. The van der Waals surface area contributed by atoms with E-state index in [9.17, 15) is 14.4 Å². The Bertz CT molecular complexity index is 301. The van der Waals surface area contributed by atoms with Crippen LogP contribution < -0.4 is 11.1 Å². The number of nitrogens with zero attached hydrogens (tertiary/aromatic N) is 1. The molecule has 3 amide bonds. The van der Waals surface area contributed by atoms with Gasteiger partial charge in [-0.1, -0.05) is 0 Å². The first-order valence-electron chi connectivity index (χ1n) is 4.80. The van der Waals surface area contributed by atoms with Gasteiger partial charge in [0.15, 0.2) is 0 Å². The van der Waals surface area contributed by atoms with Crippen molar-refractivity contribution in [3.8, 4) is 0 Å². The van der Waals surface area contributed by atoms with Gasteiger partial charge in [0.2, 0.25) is 17.7 Å². The smallest absolute Gasteiger partial charge is 0.249 e.